The summed E-state index contributed by atoms with van der Waals surface area (Å²) in [6.07, 6.45) is -2.23. The zero-order valence-corrected chi connectivity index (χ0v) is 15.3. The molecule has 0 saturated carbocycles. The number of fused-ring (bicyclic) bond motifs is 1. The van der Waals surface area contributed by atoms with Crippen molar-refractivity contribution in [1.29, 1.82) is 0 Å². The Hall–Kier alpha value is -2.17. The highest BCUT2D eigenvalue weighted by atomic mass is 32.1. The van der Waals surface area contributed by atoms with Crippen LogP contribution in [-0.4, -0.2) is 45.3 Å². The van der Waals surface area contributed by atoms with Crippen molar-refractivity contribution >= 4 is 17.3 Å². The predicted octanol–water partition coefficient (Wildman–Crippen LogP) is 1.78. The van der Waals surface area contributed by atoms with E-state index in [1.54, 1.807) is 7.05 Å². The molecule has 0 bridgehead atoms. The number of thiazole rings is 1. The molecule has 1 unspecified atom stereocenters. The highest BCUT2D eigenvalue weighted by Gasteiger charge is 2.33. The molecule has 11 heteroatoms. The Morgan fingerprint density at radius 2 is 2.23 bits per heavy atom. The van der Waals surface area contributed by atoms with Crippen LogP contribution in [0.25, 0.3) is 0 Å². The first-order valence-electron chi connectivity index (χ1n) is 8.24. The lowest BCUT2D eigenvalue weighted by molar-refractivity contribution is -0.140. The van der Waals surface area contributed by atoms with Crippen LogP contribution in [0.15, 0.2) is 10.4 Å². The normalized spacial score (nSPS) is 17.9. The van der Waals surface area contributed by atoms with Gasteiger partial charge in [0.2, 0.25) is 0 Å². The number of hydrogen-bond donors (Lipinski definition) is 2. The van der Waals surface area contributed by atoms with E-state index in [1.165, 1.54) is 0 Å². The van der Waals surface area contributed by atoms with E-state index in [2.05, 4.69) is 30.7 Å². The first-order valence-corrected chi connectivity index (χ1v) is 9.12. The highest BCUT2D eigenvalue weighted by Crippen LogP contribution is 2.30. The molecule has 2 N–H and O–H groups in total. The van der Waals surface area contributed by atoms with Crippen LogP contribution in [0.4, 0.5) is 13.2 Å². The number of hydrogen-bond acceptors (Lipinski definition) is 5. The molecule has 26 heavy (non-hydrogen) atoms. The van der Waals surface area contributed by atoms with Crippen molar-refractivity contribution in [3.05, 3.63) is 27.7 Å². The third kappa shape index (κ3) is 4.51. The van der Waals surface area contributed by atoms with Crippen LogP contribution in [0, 0.1) is 6.92 Å². The van der Waals surface area contributed by atoms with Crippen LogP contribution in [0.5, 0.6) is 0 Å². The van der Waals surface area contributed by atoms with Gasteiger partial charge in [-0.15, -0.1) is 11.3 Å². The van der Waals surface area contributed by atoms with Crippen LogP contribution >= 0.6 is 11.3 Å². The lowest BCUT2D eigenvalue weighted by atomic mass is 10.1. The zero-order chi connectivity index (χ0) is 18.7. The maximum Gasteiger partial charge on any atom is 0.434 e. The SMILES string of the molecule is CN=C(NCCc1nc(C(F)(F)F)cs1)NC1CCc2nc(C)nn2C1. The molecule has 3 heterocycles. The number of alkyl halides is 3. The Labute approximate surface area is 152 Å². The zero-order valence-electron chi connectivity index (χ0n) is 14.5. The van der Waals surface area contributed by atoms with Gasteiger partial charge in [-0.1, -0.05) is 0 Å². The summed E-state index contributed by atoms with van der Waals surface area (Å²) < 4.78 is 39.6. The molecule has 0 aromatic carbocycles. The van der Waals surface area contributed by atoms with E-state index in [4.69, 9.17) is 0 Å². The van der Waals surface area contributed by atoms with E-state index in [9.17, 15) is 13.2 Å². The lowest BCUT2D eigenvalue weighted by Gasteiger charge is -2.25. The van der Waals surface area contributed by atoms with Crippen molar-refractivity contribution < 1.29 is 13.2 Å². The average Bonchev–Trinajstić information content (AvgIpc) is 3.18. The number of nitrogens with one attached hydrogen (secondary N) is 2. The summed E-state index contributed by atoms with van der Waals surface area (Å²) in [6, 6.07) is 0.173. The molecular weight excluding hydrogens is 367 g/mol. The summed E-state index contributed by atoms with van der Waals surface area (Å²) in [5.74, 6) is 2.38. The van der Waals surface area contributed by atoms with Crippen LogP contribution in [0.3, 0.4) is 0 Å². The summed E-state index contributed by atoms with van der Waals surface area (Å²) in [7, 11) is 1.66. The number of rotatable bonds is 4. The van der Waals surface area contributed by atoms with E-state index < -0.39 is 11.9 Å². The van der Waals surface area contributed by atoms with Crippen molar-refractivity contribution in [3.8, 4) is 0 Å². The minimum Gasteiger partial charge on any atom is -0.356 e. The first-order chi connectivity index (χ1) is 12.3. The van der Waals surface area contributed by atoms with Crippen molar-refractivity contribution in [2.24, 2.45) is 4.99 Å². The third-order valence-electron chi connectivity index (χ3n) is 4.00. The first kappa shape index (κ1) is 18.6. The van der Waals surface area contributed by atoms with Crippen LogP contribution in [0.2, 0.25) is 0 Å². The van der Waals surface area contributed by atoms with Crippen molar-refractivity contribution in [2.75, 3.05) is 13.6 Å². The van der Waals surface area contributed by atoms with Gasteiger partial charge in [0.05, 0.1) is 11.6 Å². The quantitative estimate of drug-likeness (QED) is 0.618. The van der Waals surface area contributed by atoms with Gasteiger partial charge < -0.3 is 10.6 Å². The number of halogens is 3. The molecule has 0 aliphatic carbocycles. The Morgan fingerprint density at radius 1 is 1.42 bits per heavy atom. The van der Waals surface area contributed by atoms with Crippen molar-refractivity contribution in [2.45, 2.75) is 44.9 Å². The molecule has 2 aromatic rings. The van der Waals surface area contributed by atoms with Gasteiger partial charge in [0.25, 0.3) is 0 Å². The fraction of sp³-hybridized carbons (Fsp3) is 0.600. The smallest absolute Gasteiger partial charge is 0.356 e. The maximum atomic E-state index is 12.6. The fourth-order valence-electron chi connectivity index (χ4n) is 2.78. The molecule has 0 radical (unpaired) electrons. The summed E-state index contributed by atoms with van der Waals surface area (Å²) in [4.78, 5) is 12.2. The van der Waals surface area contributed by atoms with Crippen LogP contribution in [0.1, 0.15) is 28.8 Å². The van der Waals surface area contributed by atoms with Crippen LogP contribution < -0.4 is 10.6 Å². The second-order valence-electron chi connectivity index (χ2n) is 6.01. The van der Waals surface area contributed by atoms with Crippen molar-refractivity contribution in [3.63, 3.8) is 0 Å². The standard InChI is InChI=1S/C15H20F3N7S/c1-9-21-12-4-3-10(7-25(12)24-9)22-14(19-2)20-6-5-13-23-11(8-26-13)15(16,17)18/h8,10H,3-7H2,1-2H3,(H2,19,20,22). The Kier molecular flexibility index (Phi) is 5.44. The van der Waals surface area contributed by atoms with Crippen LogP contribution in [-0.2, 0) is 25.6 Å². The van der Waals surface area contributed by atoms with E-state index >= 15 is 0 Å². The van der Waals surface area contributed by atoms with Gasteiger partial charge in [-0.2, -0.15) is 18.3 Å². The van der Waals surface area contributed by atoms with Gasteiger partial charge in [0.1, 0.15) is 11.6 Å². The van der Waals surface area contributed by atoms with Gasteiger partial charge in [-0.25, -0.2) is 14.6 Å². The van der Waals surface area contributed by atoms with Gasteiger partial charge in [-0.3, -0.25) is 4.99 Å². The van der Waals surface area contributed by atoms with Gasteiger partial charge in [-0.05, 0) is 13.3 Å². The molecule has 142 valence electrons. The topological polar surface area (TPSA) is 80.0 Å². The molecule has 0 fully saturated rings. The van der Waals surface area contributed by atoms with Gasteiger partial charge in [0.15, 0.2) is 11.7 Å². The van der Waals surface area contributed by atoms with E-state index in [1.807, 2.05) is 11.6 Å². The molecule has 0 amide bonds. The minimum atomic E-state index is -4.39. The molecule has 7 nitrogen and oxygen atoms in total. The summed E-state index contributed by atoms with van der Waals surface area (Å²) in [5.41, 5.74) is -0.832. The number of guanidine groups is 1. The monoisotopic (exact) mass is 387 g/mol. The molecule has 3 rings (SSSR count). The fourth-order valence-corrected chi connectivity index (χ4v) is 3.59. The highest BCUT2D eigenvalue weighted by molar-refractivity contribution is 7.09. The van der Waals surface area contributed by atoms with Gasteiger partial charge >= 0.3 is 6.18 Å². The Bertz CT molecular complexity index is 781. The largest absolute Gasteiger partial charge is 0.434 e. The lowest BCUT2D eigenvalue weighted by Crippen LogP contribution is -2.47. The molecule has 0 saturated heterocycles. The molecule has 0 spiro atoms. The number of aliphatic imine (C=N–C) groups is 1. The third-order valence-corrected chi connectivity index (χ3v) is 4.91. The summed E-state index contributed by atoms with van der Waals surface area (Å²) in [5, 5.41) is 12.3. The maximum absolute atomic E-state index is 12.6. The minimum absolute atomic E-state index is 0.173. The van der Waals surface area contributed by atoms with Crippen molar-refractivity contribution in [1.82, 2.24) is 30.4 Å². The summed E-state index contributed by atoms with van der Waals surface area (Å²) >= 11 is 1.02. The van der Waals surface area contributed by atoms with E-state index in [0.717, 1.165) is 41.2 Å². The number of nitrogens with zero attached hydrogens (tertiary/aromatic N) is 5. The molecular formula is C15H20F3N7S. The number of aryl methyl sites for hydroxylation is 2. The Morgan fingerprint density at radius 3 is 2.92 bits per heavy atom. The van der Waals surface area contributed by atoms with Gasteiger partial charge in [0, 0.05) is 37.9 Å². The number of aromatic nitrogens is 4. The molecule has 1 atom stereocenters. The predicted molar refractivity (Wildman–Crippen MR) is 92.2 cm³/mol. The average molecular weight is 387 g/mol. The van der Waals surface area contributed by atoms with E-state index in [0.29, 0.717) is 30.5 Å². The molecule has 1 aliphatic heterocycles. The molecule has 1 aliphatic rings. The second kappa shape index (κ2) is 7.60. The van der Waals surface area contributed by atoms with E-state index in [-0.39, 0.29) is 6.04 Å². The summed E-state index contributed by atoms with van der Waals surface area (Å²) in [6.45, 7) is 3.03. The molecule has 2 aromatic heterocycles. The Balaban J connectivity index is 1.47. The second-order valence-corrected chi connectivity index (χ2v) is 6.95.